The van der Waals surface area contributed by atoms with Crippen molar-refractivity contribution < 1.29 is 10.2 Å². The van der Waals surface area contributed by atoms with Crippen LogP contribution in [0.4, 0.5) is 0 Å². The number of aliphatic hydroxyl groups excluding tert-OH is 1. The van der Waals surface area contributed by atoms with Crippen LogP contribution < -0.4 is 0 Å². The number of aliphatic imine (C=N–C) groups is 1. The van der Waals surface area contributed by atoms with Crippen molar-refractivity contribution in [3.05, 3.63) is 28.8 Å². The molecule has 2 unspecified atom stereocenters. The highest BCUT2D eigenvalue weighted by atomic mass is 16.3. The van der Waals surface area contributed by atoms with E-state index < -0.39 is 6.10 Å². The molecule has 0 saturated heterocycles. The van der Waals surface area contributed by atoms with Gasteiger partial charge in [0.1, 0.15) is 5.75 Å². The maximum absolute atomic E-state index is 10.8. The van der Waals surface area contributed by atoms with Crippen molar-refractivity contribution in [2.75, 3.05) is 0 Å². The lowest BCUT2D eigenvalue weighted by Gasteiger charge is -2.36. The summed E-state index contributed by atoms with van der Waals surface area (Å²) in [7, 11) is 0. The Bertz CT molecular complexity index is 635. The summed E-state index contributed by atoms with van der Waals surface area (Å²) in [6.45, 7) is 10.6. The molecule has 2 aliphatic carbocycles. The summed E-state index contributed by atoms with van der Waals surface area (Å²) in [6.07, 6.45) is 3.56. The Morgan fingerprint density at radius 2 is 1.91 bits per heavy atom. The smallest absolute Gasteiger partial charge is 0.127 e. The van der Waals surface area contributed by atoms with E-state index in [1.807, 2.05) is 26.0 Å². The van der Waals surface area contributed by atoms with Crippen LogP contribution in [-0.2, 0) is 0 Å². The van der Waals surface area contributed by atoms with Gasteiger partial charge in [0.25, 0.3) is 0 Å². The Morgan fingerprint density at radius 1 is 1.23 bits per heavy atom. The average Bonchev–Trinajstić information content (AvgIpc) is 2.74. The minimum absolute atomic E-state index is 0.0514. The minimum Gasteiger partial charge on any atom is -0.507 e. The van der Waals surface area contributed by atoms with E-state index in [9.17, 15) is 10.2 Å². The number of benzene rings is 1. The molecule has 0 spiro atoms. The fraction of sp³-hybridized carbons (Fsp3) is 0.632. The topological polar surface area (TPSA) is 52.8 Å². The van der Waals surface area contributed by atoms with Crippen molar-refractivity contribution in [3.8, 4) is 5.75 Å². The third-order valence-corrected chi connectivity index (χ3v) is 6.62. The highest BCUT2D eigenvalue weighted by molar-refractivity contribution is 5.84. The SMILES string of the molecule is Cc1cc(C)c(O)c(C=N[C@@H]2C3CCC(C)([C@@H]2O)C3(C)C)c1. The van der Waals surface area contributed by atoms with Gasteiger partial charge in [0.15, 0.2) is 0 Å². The van der Waals surface area contributed by atoms with Crippen LogP contribution >= 0.6 is 0 Å². The van der Waals surface area contributed by atoms with Crippen LogP contribution in [0.15, 0.2) is 17.1 Å². The zero-order chi connectivity index (χ0) is 16.3. The Hall–Kier alpha value is -1.35. The second-order valence-electron chi connectivity index (χ2n) is 8.02. The predicted molar refractivity (Wildman–Crippen MR) is 89.6 cm³/mol. The van der Waals surface area contributed by atoms with Crippen molar-refractivity contribution in [2.24, 2.45) is 21.7 Å². The number of aliphatic hydroxyl groups is 1. The summed E-state index contributed by atoms with van der Waals surface area (Å²) in [4.78, 5) is 4.71. The van der Waals surface area contributed by atoms with Gasteiger partial charge < -0.3 is 10.2 Å². The average molecular weight is 301 g/mol. The number of phenols is 1. The third-order valence-electron chi connectivity index (χ3n) is 6.62. The standard InChI is InChI=1S/C19H27NO2/c1-11-8-12(2)16(21)13(9-11)10-20-15-14-6-7-19(5,17(15)22)18(14,3)4/h8-10,14-15,17,21-22H,6-7H2,1-5H3/t14?,15-,17-,19?/m1/s1. The third kappa shape index (κ3) is 1.95. The normalized spacial score (nSPS) is 36.4. The van der Waals surface area contributed by atoms with E-state index in [1.54, 1.807) is 6.21 Å². The van der Waals surface area contributed by atoms with Gasteiger partial charge in [-0.15, -0.1) is 0 Å². The molecule has 2 saturated carbocycles. The highest BCUT2D eigenvalue weighted by Gasteiger charge is 2.65. The summed E-state index contributed by atoms with van der Waals surface area (Å²) in [5.74, 6) is 0.703. The number of hydrogen-bond acceptors (Lipinski definition) is 3. The van der Waals surface area contributed by atoms with E-state index in [-0.39, 0.29) is 22.6 Å². The lowest BCUT2D eigenvalue weighted by atomic mass is 9.70. The lowest BCUT2D eigenvalue weighted by molar-refractivity contribution is 0.00624. The molecule has 1 aromatic carbocycles. The first-order valence-electron chi connectivity index (χ1n) is 8.20. The van der Waals surface area contributed by atoms with Crippen molar-refractivity contribution in [2.45, 2.75) is 59.6 Å². The second kappa shape index (κ2) is 4.82. The largest absolute Gasteiger partial charge is 0.507 e. The van der Waals surface area contributed by atoms with E-state index in [4.69, 9.17) is 4.99 Å². The van der Waals surface area contributed by atoms with Gasteiger partial charge in [0.05, 0.1) is 12.1 Å². The molecule has 2 fully saturated rings. The quantitative estimate of drug-likeness (QED) is 0.820. The molecule has 0 aromatic heterocycles. The summed E-state index contributed by atoms with van der Waals surface area (Å²) in [5, 5.41) is 20.9. The first-order valence-corrected chi connectivity index (χ1v) is 8.20. The fourth-order valence-corrected chi connectivity index (χ4v) is 4.73. The molecule has 3 heteroatoms. The van der Waals surface area contributed by atoms with Gasteiger partial charge in [-0.05, 0) is 55.2 Å². The minimum atomic E-state index is -0.398. The number of phenolic OH excluding ortho intramolecular Hbond substituents is 1. The Labute approximate surface area is 133 Å². The zero-order valence-corrected chi connectivity index (χ0v) is 14.2. The highest BCUT2D eigenvalue weighted by Crippen LogP contribution is 2.66. The molecule has 3 rings (SSSR count). The first kappa shape index (κ1) is 15.5. The van der Waals surface area contributed by atoms with Crippen LogP contribution in [0, 0.1) is 30.6 Å². The molecule has 2 bridgehead atoms. The Balaban J connectivity index is 1.92. The first-order chi connectivity index (χ1) is 10.2. The summed E-state index contributed by atoms with van der Waals surface area (Å²) in [6, 6.07) is 3.84. The number of nitrogens with zero attached hydrogens (tertiary/aromatic N) is 1. The lowest BCUT2D eigenvalue weighted by Crippen LogP contribution is -2.39. The fourth-order valence-electron chi connectivity index (χ4n) is 4.73. The van der Waals surface area contributed by atoms with Crippen LogP contribution in [0.1, 0.15) is 50.3 Å². The number of hydrogen-bond donors (Lipinski definition) is 2. The van der Waals surface area contributed by atoms with Gasteiger partial charge in [-0.1, -0.05) is 26.8 Å². The molecular weight excluding hydrogens is 274 g/mol. The van der Waals surface area contributed by atoms with Crippen LogP contribution in [0.25, 0.3) is 0 Å². The van der Waals surface area contributed by atoms with Crippen LogP contribution in [0.2, 0.25) is 0 Å². The molecule has 4 atom stereocenters. The van der Waals surface area contributed by atoms with Gasteiger partial charge >= 0.3 is 0 Å². The summed E-state index contributed by atoms with van der Waals surface area (Å²) in [5.41, 5.74) is 2.78. The van der Waals surface area contributed by atoms with Gasteiger partial charge in [0, 0.05) is 17.2 Å². The van der Waals surface area contributed by atoms with Gasteiger partial charge in [-0.2, -0.15) is 0 Å². The molecule has 22 heavy (non-hydrogen) atoms. The van der Waals surface area contributed by atoms with Gasteiger partial charge in [-0.25, -0.2) is 0 Å². The molecule has 0 amide bonds. The van der Waals surface area contributed by atoms with Crippen molar-refractivity contribution in [1.82, 2.24) is 0 Å². The number of rotatable bonds is 2. The molecule has 0 radical (unpaired) electrons. The van der Waals surface area contributed by atoms with Crippen LogP contribution in [0.3, 0.4) is 0 Å². The Kier molecular flexibility index (Phi) is 3.41. The number of aryl methyl sites for hydroxylation is 2. The van der Waals surface area contributed by atoms with Crippen LogP contribution in [-0.4, -0.2) is 28.6 Å². The molecule has 3 nitrogen and oxygen atoms in total. The van der Waals surface area contributed by atoms with Gasteiger partial charge in [0.2, 0.25) is 0 Å². The second-order valence-corrected chi connectivity index (χ2v) is 8.02. The van der Waals surface area contributed by atoms with Gasteiger partial charge in [-0.3, -0.25) is 4.99 Å². The van der Waals surface area contributed by atoms with E-state index in [0.29, 0.717) is 5.92 Å². The maximum atomic E-state index is 10.8. The molecule has 0 heterocycles. The predicted octanol–water partition coefficient (Wildman–Crippen LogP) is 3.61. The molecule has 2 N–H and O–H groups in total. The van der Waals surface area contributed by atoms with E-state index in [1.165, 1.54) is 0 Å². The molecule has 1 aromatic rings. The Morgan fingerprint density at radius 3 is 2.50 bits per heavy atom. The molecule has 0 aliphatic heterocycles. The monoisotopic (exact) mass is 301 g/mol. The number of aromatic hydroxyl groups is 1. The van der Waals surface area contributed by atoms with E-state index in [2.05, 4.69) is 20.8 Å². The summed E-state index contributed by atoms with van der Waals surface area (Å²) >= 11 is 0. The van der Waals surface area contributed by atoms with Crippen LogP contribution in [0.5, 0.6) is 5.75 Å². The zero-order valence-electron chi connectivity index (χ0n) is 14.2. The summed E-state index contributed by atoms with van der Waals surface area (Å²) < 4.78 is 0. The van der Waals surface area contributed by atoms with E-state index in [0.717, 1.165) is 29.5 Å². The molecule has 120 valence electrons. The van der Waals surface area contributed by atoms with Crippen molar-refractivity contribution >= 4 is 6.21 Å². The number of fused-ring (bicyclic) bond motifs is 2. The molecule has 2 aliphatic rings. The van der Waals surface area contributed by atoms with E-state index >= 15 is 0 Å². The maximum Gasteiger partial charge on any atom is 0.127 e. The van der Waals surface area contributed by atoms with Crippen molar-refractivity contribution in [3.63, 3.8) is 0 Å². The van der Waals surface area contributed by atoms with Crippen molar-refractivity contribution in [1.29, 1.82) is 0 Å². The molecular formula is C19H27NO2.